The second kappa shape index (κ2) is 8.04. The Bertz CT molecular complexity index is 578. The van der Waals surface area contributed by atoms with Gasteiger partial charge in [0.25, 0.3) is 5.91 Å². The van der Waals surface area contributed by atoms with Gasteiger partial charge in [0.1, 0.15) is 0 Å². The van der Waals surface area contributed by atoms with Gasteiger partial charge in [0.15, 0.2) is 11.6 Å². The van der Waals surface area contributed by atoms with E-state index in [1.54, 1.807) is 4.90 Å². The predicted molar refractivity (Wildman–Crippen MR) is 82.9 cm³/mol. The fourth-order valence-electron chi connectivity index (χ4n) is 2.80. The van der Waals surface area contributed by atoms with Crippen LogP contribution in [0.1, 0.15) is 43.0 Å². The van der Waals surface area contributed by atoms with Crippen LogP contribution in [0.5, 0.6) is 0 Å². The highest BCUT2D eigenvalue weighted by atomic mass is 19.2. The van der Waals surface area contributed by atoms with Crippen molar-refractivity contribution in [3.8, 4) is 0 Å². The molecule has 0 aromatic heterocycles. The van der Waals surface area contributed by atoms with E-state index in [2.05, 4.69) is 5.32 Å². The van der Waals surface area contributed by atoms with Gasteiger partial charge in [0.05, 0.1) is 0 Å². The van der Waals surface area contributed by atoms with Crippen LogP contribution in [0.3, 0.4) is 0 Å². The topological polar surface area (TPSA) is 49.4 Å². The zero-order valence-electron chi connectivity index (χ0n) is 13.3. The number of carbonyl (C=O) groups excluding carboxylic acids is 2. The van der Waals surface area contributed by atoms with Crippen LogP contribution in [0.15, 0.2) is 18.2 Å². The molecule has 1 aromatic rings. The minimum absolute atomic E-state index is 0.0246. The summed E-state index contributed by atoms with van der Waals surface area (Å²) < 4.78 is 26.2. The Kier molecular flexibility index (Phi) is 6.07. The van der Waals surface area contributed by atoms with Gasteiger partial charge in [-0.15, -0.1) is 0 Å². The highest BCUT2D eigenvalue weighted by molar-refractivity contribution is 5.94. The first-order valence-electron chi connectivity index (χ1n) is 8.02. The molecule has 1 aliphatic heterocycles. The van der Waals surface area contributed by atoms with Crippen LogP contribution in [0.2, 0.25) is 0 Å². The minimum Gasteiger partial charge on any atom is -0.356 e. The van der Waals surface area contributed by atoms with Gasteiger partial charge in [-0.2, -0.15) is 0 Å². The first kappa shape index (κ1) is 17.4. The van der Waals surface area contributed by atoms with Crippen molar-refractivity contribution in [1.29, 1.82) is 0 Å². The summed E-state index contributed by atoms with van der Waals surface area (Å²) in [6.45, 7) is 3.60. The molecule has 0 aliphatic carbocycles. The Labute approximate surface area is 134 Å². The summed E-state index contributed by atoms with van der Waals surface area (Å²) >= 11 is 0. The number of hydrogen-bond acceptors (Lipinski definition) is 2. The molecule has 4 nitrogen and oxygen atoms in total. The third-order valence-electron chi connectivity index (χ3n) is 4.04. The molecule has 0 bridgehead atoms. The lowest BCUT2D eigenvalue weighted by Crippen LogP contribution is -2.43. The molecule has 1 N–H and O–H groups in total. The Morgan fingerprint density at radius 1 is 1.30 bits per heavy atom. The zero-order chi connectivity index (χ0) is 16.8. The number of amides is 2. The van der Waals surface area contributed by atoms with Crippen LogP contribution in [0, 0.1) is 17.6 Å². The Morgan fingerprint density at radius 3 is 2.78 bits per heavy atom. The predicted octanol–water partition coefficient (Wildman–Crippen LogP) is 2.73. The summed E-state index contributed by atoms with van der Waals surface area (Å²) in [4.78, 5) is 25.6. The summed E-state index contributed by atoms with van der Waals surface area (Å²) in [5.74, 6) is -2.06. The number of halogens is 2. The molecule has 0 spiro atoms. The molecule has 0 saturated carbocycles. The average molecular weight is 324 g/mol. The molecule has 1 saturated heterocycles. The molecular formula is C17H22F2N2O2. The van der Waals surface area contributed by atoms with Crippen molar-refractivity contribution in [2.24, 2.45) is 5.92 Å². The maximum Gasteiger partial charge on any atom is 0.253 e. The standard InChI is InChI=1S/C17H22F2N2O2/c1-2-4-16(22)20-10-12-5-3-8-21(11-12)17(23)13-6-7-14(18)15(19)9-13/h6-7,9,12H,2-5,8,10-11H2,1H3,(H,20,22)/t12-/m1/s1. The van der Waals surface area contributed by atoms with E-state index >= 15 is 0 Å². The summed E-state index contributed by atoms with van der Waals surface area (Å²) in [5, 5.41) is 2.88. The third-order valence-corrected chi connectivity index (χ3v) is 4.04. The highest BCUT2D eigenvalue weighted by Crippen LogP contribution is 2.19. The van der Waals surface area contributed by atoms with Crippen molar-refractivity contribution >= 4 is 11.8 Å². The number of likely N-dealkylation sites (tertiary alicyclic amines) is 1. The second-order valence-corrected chi connectivity index (χ2v) is 5.94. The monoisotopic (exact) mass is 324 g/mol. The van der Waals surface area contributed by atoms with E-state index in [0.29, 0.717) is 26.1 Å². The number of hydrogen-bond donors (Lipinski definition) is 1. The fraction of sp³-hybridized carbons (Fsp3) is 0.529. The van der Waals surface area contributed by atoms with Crippen LogP contribution < -0.4 is 5.32 Å². The van der Waals surface area contributed by atoms with E-state index in [0.717, 1.165) is 31.4 Å². The Hall–Kier alpha value is -1.98. The molecule has 1 fully saturated rings. The molecule has 2 amide bonds. The van der Waals surface area contributed by atoms with Crippen LogP contribution in [-0.2, 0) is 4.79 Å². The molecule has 1 aromatic carbocycles. The van der Waals surface area contributed by atoms with Gasteiger partial charge >= 0.3 is 0 Å². The summed E-state index contributed by atoms with van der Waals surface area (Å²) in [7, 11) is 0. The van der Waals surface area contributed by atoms with E-state index in [-0.39, 0.29) is 23.3 Å². The lowest BCUT2D eigenvalue weighted by molar-refractivity contribution is -0.121. The molecule has 0 radical (unpaired) electrons. The summed E-state index contributed by atoms with van der Waals surface area (Å²) in [6.07, 6.45) is 3.08. The van der Waals surface area contributed by atoms with E-state index in [4.69, 9.17) is 0 Å². The highest BCUT2D eigenvalue weighted by Gasteiger charge is 2.25. The lowest BCUT2D eigenvalue weighted by atomic mass is 9.97. The van der Waals surface area contributed by atoms with Gasteiger partial charge in [0.2, 0.25) is 5.91 Å². The SMILES string of the molecule is CCCC(=O)NC[C@H]1CCCN(C(=O)c2ccc(F)c(F)c2)C1. The average Bonchev–Trinajstić information content (AvgIpc) is 2.55. The smallest absolute Gasteiger partial charge is 0.253 e. The molecular weight excluding hydrogens is 302 g/mol. The molecule has 1 atom stereocenters. The van der Waals surface area contributed by atoms with Crippen molar-refractivity contribution in [2.75, 3.05) is 19.6 Å². The molecule has 1 aliphatic rings. The Morgan fingerprint density at radius 2 is 2.09 bits per heavy atom. The second-order valence-electron chi connectivity index (χ2n) is 5.94. The number of nitrogens with one attached hydrogen (secondary N) is 1. The first-order valence-corrected chi connectivity index (χ1v) is 8.02. The number of benzene rings is 1. The van der Waals surface area contributed by atoms with Gasteiger partial charge in [-0.1, -0.05) is 6.92 Å². The minimum atomic E-state index is -1.02. The molecule has 23 heavy (non-hydrogen) atoms. The van der Waals surface area contributed by atoms with Crippen LogP contribution in [0.25, 0.3) is 0 Å². The van der Waals surface area contributed by atoms with Crippen molar-refractivity contribution in [3.05, 3.63) is 35.4 Å². The van der Waals surface area contributed by atoms with E-state index in [1.165, 1.54) is 6.07 Å². The van der Waals surface area contributed by atoms with E-state index in [9.17, 15) is 18.4 Å². The van der Waals surface area contributed by atoms with E-state index < -0.39 is 11.6 Å². The maximum atomic E-state index is 13.3. The molecule has 2 rings (SSSR count). The van der Waals surface area contributed by atoms with Crippen molar-refractivity contribution in [3.63, 3.8) is 0 Å². The van der Waals surface area contributed by atoms with Gasteiger partial charge in [0, 0.05) is 31.6 Å². The first-order chi connectivity index (χ1) is 11.0. The Balaban J connectivity index is 1.93. The van der Waals surface area contributed by atoms with E-state index in [1.807, 2.05) is 6.92 Å². The van der Waals surface area contributed by atoms with Gasteiger partial charge in [-0.05, 0) is 43.4 Å². The maximum absolute atomic E-state index is 13.3. The van der Waals surface area contributed by atoms with Crippen molar-refractivity contribution in [1.82, 2.24) is 10.2 Å². The van der Waals surface area contributed by atoms with Crippen molar-refractivity contribution in [2.45, 2.75) is 32.6 Å². The van der Waals surface area contributed by atoms with Crippen molar-refractivity contribution < 1.29 is 18.4 Å². The summed E-state index contributed by atoms with van der Waals surface area (Å²) in [5.41, 5.74) is 0.152. The largest absolute Gasteiger partial charge is 0.356 e. The van der Waals surface area contributed by atoms with Crippen LogP contribution in [-0.4, -0.2) is 36.3 Å². The molecule has 1 heterocycles. The fourth-order valence-corrected chi connectivity index (χ4v) is 2.80. The number of nitrogens with zero attached hydrogens (tertiary/aromatic N) is 1. The number of rotatable bonds is 5. The van der Waals surface area contributed by atoms with Crippen LogP contribution in [0.4, 0.5) is 8.78 Å². The van der Waals surface area contributed by atoms with Crippen LogP contribution >= 0.6 is 0 Å². The van der Waals surface area contributed by atoms with Gasteiger partial charge < -0.3 is 10.2 Å². The normalized spacial score (nSPS) is 17.9. The molecule has 0 unspecified atom stereocenters. The van der Waals surface area contributed by atoms with Gasteiger partial charge in [-0.3, -0.25) is 9.59 Å². The molecule has 126 valence electrons. The molecule has 6 heteroatoms. The quantitative estimate of drug-likeness (QED) is 0.905. The number of piperidine rings is 1. The zero-order valence-corrected chi connectivity index (χ0v) is 13.3. The third kappa shape index (κ3) is 4.74. The number of carbonyl (C=O) groups is 2. The van der Waals surface area contributed by atoms with Gasteiger partial charge in [-0.25, -0.2) is 8.78 Å². The summed E-state index contributed by atoms with van der Waals surface area (Å²) in [6, 6.07) is 3.20. The lowest BCUT2D eigenvalue weighted by Gasteiger charge is -2.33.